The van der Waals surface area contributed by atoms with Crippen LogP contribution in [-0.4, -0.2) is 0 Å². The lowest BCUT2D eigenvalue weighted by atomic mass is 9.87. The first-order valence-corrected chi connectivity index (χ1v) is 7.31. The van der Waals surface area contributed by atoms with Gasteiger partial charge in [0.1, 0.15) is 0 Å². The van der Waals surface area contributed by atoms with E-state index in [1.165, 1.54) is 22.3 Å². The third-order valence-electron chi connectivity index (χ3n) is 3.82. The van der Waals surface area contributed by atoms with Crippen molar-refractivity contribution in [3.63, 3.8) is 0 Å². The highest BCUT2D eigenvalue weighted by atomic mass is 14.6. The van der Waals surface area contributed by atoms with E-state index in [0.717, 1.165) is 18.5 Å². The van der Waals surface area contributed by atoms with Crippen LogP contribution in [0.3, 0.4) is 0 Å². The molecule has 0 unspecified atom stereocenters. The number of benzene rings is 1. The zero-order valence-electron chi connectivity index (χ0n) is 12.5. The minimum absolute atomic E-state index is 0.464. The fourth-order valence-electron chi connectivity index (χ4n) is 2.65. The normalized spacial score (nSPS) is 15.2. The molecule has 1 heteroatoms. The van der Waals surface area contributed by atoms with Crippen molar-refractivity contribution in [3.05, 3.63) is 47.1 Å². The third kappa shape index (κ3) is 2.91. The van der Waals surface area contributed by atoms with E-state index in [1.54, 1.807) is 0 Å². The number of rotatable bonds is 3. The lowest BCUT2D eigenvalue weighted by Crippen LogP contribution is -2.05. The second-order valence-corrected chi connectivity index (χ2v) is 6.02. The molecule has 0 saturated carbocycles. The van der Waals surface area contributed by atoms with Gasteiger partial charge >= 0.3 is 0 Å². The molecule has 1 aliphatic carbocycles. The zero-order chi connectivity index (χ0) is 14.0. The summed E-state index contributed by atoms with van der Waals surface area (Å²) in [5.74, 6) is 0.927. The van der Waals surface area contributed by atoms with Gasteiger partial charge < -0.3 is 5.73 Å². The Kier molecular flexibility index (Phi) is 4.14. The van der Waals surface area contributed by atoms with Crippen LogP contribution >= 0.6 is 0 Å². The predicted molar refractivity (Wildman–Crippen MR) is 85.4 cm³/mol. The molecule has 0 heterocycles. The molecule has 0 bridgehead atoms. The summed E-state index contributed by atoms with van der Waals surface area (Å²) in [5.41, 5.74) is 12.5. The van der Waals surface area contributed by atoms with Gasteiger partial charge in [-0.1, -0.05) is 45.9 Å². The number of nitrogen functional groups attached to an aromatic ring is 1. The van der Waals surface area contributed by atoms with E-state index in [1.807, 2.05) is 0 Å². The van der Waals surface area contributed by atoms with E-state index in [-0.39, 0.29) is 0 Å². The number of hydrogen-bond acceptors (Lipinski definition) is 1. The van der Waals surface area contributed by atoms with E-state index in [0.29, 0.717) is 11.8 Å². The van der Waals surface area contributed by atoms with E-state index in [2.05, 4.69) is 58.1 Å². The summed E-state index contributed by atoms with van der Waals surface area (Å²) in [6, 6.07) is 4.54. The second kappa shape index (κ2) is 5.64. The second-order valence-electron chi connectivity index (χ2n) is 6.02. The summed E-state index contributed by atoms with van der Waals surface area (Å²) in [6.07, 6.45) is 9.13. The molecule has 1 aromatic rings. The van der Waals surface area contributed by atoms with Crippen molar-refractivity contribution < 1.29 is 0 Å². The predicted octanol–water partition coefficient (Wildman–Crippen LogP) is 5.25. The fraction of sp³-hybridized carbons (Fsp3) is 0.444. The molecule has 0 aliphatic heterocycles. The Hall–Kier alpha value is -1.50. The van der Waals surface area contributed by atoms with Crippen LogP contribution in [0, 0.1) is 0 Å². The molecule has 0 radical (unpaired) electrons. The summed E-state index contributed by atoms with van der Waals surface area (Å²) >= 11 is 0. The Balaban J connectivity index is 2.56. The standard InChI is InChI=1S/C18H25N/c1-12(2)16-10-15(14-8-6-5-7-9-14)11-17(13(3)4)18(16)19/h6,8-13H,5,7,19H2,1-4H3. The van der Waals surface area contributed by atoms with Gasteiger partial charge in [-0.3, -0.25) is 0 Å². The smallest absolute Gasteiger partial charge is 0.0384 e. The van der Waals surface area contributed by atoms with Crippen molar-refractivity contribution >= 4 is 11.3 Å². The van der Waals surface area contributed by atoms with Gasteiger partial charge in [0, 0.05) is 5.69 Å². The van der Waals surface area contributed by atoms with E-state index >= 15 is 0 Å². The van der Waals surface area contributed by atoms with Crippen molar-refractivity contribution in [1.82, 2.24) is 0 Å². The molecule has 0 fully saturated rings. The van der Waals surface area contributed by atoms with Crippen LogP contribution in [0.2, 0.25) is 0 Å². The molecular formula is C18H25N. The van der Waals surface area contributed by atoms with Gasteiger partial charge in [-0.2, -0.15) is 0 Å². The van der Waals surface area contributed by atoms with E-state index in [4.69, 9.17) is 5.73 Å². The van der Waals surface area contributed by atoms with Crippen molar-refractivity contribution in [2.75, 3.05) is 5.73 Å². The minimum atomic E-state index is 0.464. The zero-order valence-corrected chi connectivity index (χ0v) is 12.5. The SMILES string of the molecule is CC(C)c1cc(C2=CCCC=C2)cc(C(C)C)c1N. The van der Waals surface area contributed by atoms with Crippen LogP contribution in [-0.2, 0) is 0 Å². The first-order chi connectivity index (χ1) is 9.00. The van der Waals surface area contributed by atoms with Crippen LogP contribution in [0.25, 0.3) is 5.57 Å². The van der Waals surface area contributed by atoms with Crippen LogP contribution in [0.1, 0.15) is 69.1 Å². The third-order valence-corrected chi connectivity index (χ3v) is 3.82. The van der Waals surface area contributed by atoms with Crippen molar-refractivity contribution in [2.45, 2.75) is 52.4 Å². The number of allylic oxidation sites excluding steroid dienone is 4. The molecule has 2 rings (SSSR count). The Morgan fingerprint density at radius 3 is 1.95 bits per heavy atom. The highest BCUT2D eigenvalue weighted by Crippen LogP contribution is 2.34. The van der Waals surface area contributed by atoms with Crippen molar-refractivity contribution in [2.24, 2.45) is 0 Å². The Labute approximate surface area is 117 Å². The van der Waals surface area contributed by atoms with Gasteiger partial charge in [-0.05, 0) is 59.1 Å². The molecule has 0 spiro atoms. The van der Waals surface area contributed by atoms with E-state index in [9.17, 15) is 0 Å². The quantitative estimate of drug-likeness (QED) is 0.733. The monoisotopic (exact) mass is 255 g/mol. The van der Waals surface area contributed by atoms with Gasteiger partial charge in [-0.15, -0.1) is 0 Å². The molecule has 0 saturated heterocycles. The molecular weight excluding hydrogens is 230 g/mol. The fourth-order valence-corrected chi connectivity index (χ4v) is 2.65. The van der Waals surface area contributed by atoms with E-state index < -0.39 is 0 Å². The molecule has 19 heavy (non-hydrogen) atoms. The van der Waals surface area contributed by atoms with Crippen molar-refractivity contribution in [1.29, 1.82) is 0 Å². The summed E-state index contributed by atoms with van der Waals surface area (Å²) in [6.45, 7) is 8.85. The molecule has 2 N–H and O–H groups in total. The van der Waals surface area contributed by atoms with Crippen LogP contribution < -0.4 is 5.73 Å². The summed E-state index contributed by atoms with van der Waals surface area (Å²) in [4.78, 5) is 0. The topological polar surface area (TPSA) is 26.0 Å². The number of anilines is 1. The largest absolute Gasteiger partial charge is 0.398 e. The van der Waals surface area contributed by atoms with Gasteiger partial charge in [-0.25, -0.2) is 0 Å². The minimum Gasteiger partial charge on any atom is -0.398 e. The van der Waals surface area contributed by atoms with Gasteiger partial charge in [0.05, 0.1) is 0 Å². The maximum Gasteiger partial charge on any atom is 0.0384 e. The molecule has 1 aliphatic rings. The van der Waals surface area contributed by atoms with Gasteiger partial charge in [0.25, 0.3) is 0 Å². The Morgan fingerprint density at radius 1 is 0.947 bits per heavy atom. The lowest BCUT2D eigenvalue weighted by Gasteiger charge is -2.19. The first-order valence-electron chi connectivity index (χ1n) is 7.31. The number of hydrogen-bond donors (Lipinski definition) is 1. The molecule has 1 nitrogen and oxygen atoms in total. The molecule has 1 aromatic carbocycles. The Bertz CT molecular complexity index is 489. The maximum atomic E-state index is 6.35. The number of nitrogens with two attached hydrogens (primary N) is 1. The van der Waals surface area contributed by atoms with Gasteiger partial charge in [0.2, 0.25) is 0 Å². The van der Waals surface area contributed by atoms with Crippen LogP contribution in [0.4, 0.5) is 5.69 Å². The summed E-state index contributed by atoms with van der Waals surface area (Å²) < 4.78 is 0. The maximum absolute atomic E-state index is 6.35. The van der Waals surface area contributed by atoms with Crippen LogP contribution in [0.5, 0.6) is 0 Å². The first kappa shape index (κ1) is 13.9. The molecule has 0 aromatic heterocycles. The van der Waals surface area contributed by atoms with Gasteiger partial charge in [0.15, 0.2) is 0 Å². The van der Waals surface area contributed by atoms with Crippen molar-refractivity contribution in [3.8, 4) is 0 Å². The summed E-state index contributed by atoms with van der Waals surface area (Å²) in [7, 11) is 0. The lowest BCUT2D eigenvalue weighted by molar-refractivity contribution is 0.838. The highest BCUT2D eigenvalue weighted by Gasteiger charge is 2.14. The molecule has 0 amide bonds. The highest BCUT2D eigenvalue weighted by molar-refractivity contribution is 5.78. The molecule has 0 atom stereocenters. The van der Waals surface area contributed by atoms with Crippen LogP contribution in [0.15, 0.2) is 30.4 Å². The summed E-state index contributed by atoms with van der Waals surface area (Å²) in [5, 5.41) is 0. The average molecular weight is 255 g/mol. The molecule has 102 valence electrons. The Morgan fingerprint density at radius 2 is 1.53 bits per heavy atom. The average Bonchev–Trinajstić information content (AvgIpc) is 2.39.